The van der Waals surface area contributed by atoms with Gasteiger partial charge in [0.2, 0.25) is 0 Å². The summed E-state index contributed by atoms with van der Waals surface area (Å²) in [5, 5.41) is 9.17. The van der Waals surface area contributed by atoms with E-state index in [2.05, 4.69) is 0 Å². The van der Waals surface area contributed by atoms with Crippen LogP contribution in [0, 0.1) is 0 Å². The molecule has 5 nitrogen and oxygen atoms in total. The lowest BCUT2D eigenvalue weighted by molar-refractivity contribution is -0.156. The lowest BCUT2D eigenvalue weighted by atomic mass is 9.95. The zero-order chi connectivity index (χ0) is 12.1. The highest BCUT2D eigenvalue weighted by Crippen LogP contribution is 2.23. The summed E-state index contributed by atoms with van der Waals surface area (Å²) in [6, 6.07) is -0.956. The molecular formula is C11H21NO4. The first-order chi connectivity index (χ1) is 7.54. The molecule has 0 aromatic rings. The minimum atomic E-state index is -0.956. The SMILES string of the molecule is COC1CCCC(OC(=O)[C@@H](N)[C@@H](C)O)C1. The Kier molecular flexibility index (Phi) is 5.18. The highest BCUT2D eigenvalue weighted by atomic mass is 16.5. The average Bonchev–Trinajstić information content (AvgIpc) is 2.28. The summed E-state index contributed by atoms with van der Waals surface area (Å²) in [5.74, 6) is -0.531. The number of ether oxygens (including phenoxy) is 2. The zero-order valence-electron chi connectivity index (χ0n) is 9.89. The minimum Gasteiger partial charge on any atom is -0.461 e. The quantitative estimate of drug-likeness (QED) is 0.675. The molecule has 5 heteroatoms. The number of esters is 1. The van der Waals surface area contributed by atoms with Crippen molar-refractivity contribution in [2.45, 2.75) is 57.0 Å². The summed E-state index contributed by atoms with van der Waals surface area (Å²) in [5.41, 5.74) is 5.49. The van der Waals surface area contributed by atoms with E-state index in [0.717, 1.165) is 25.7 Å². The highest BCUT2D eigenvalue weighted by molar-refractivity contribution is 5.76. The average molecular weight is 231 g/mol. The number of methoxy groups -OCH3 is 1. The monoisotopic (exact) mass is 231 g/mol. The number of rotatable bonds is 4. The topological polar surface area (TPSA) is 81.8 Å². The van der Waals surface area contributed by atoms with E-state index < -0.39 is 18.1 Å². The third-order valence-corrected chi connectivity index (χ3v) is 2.99. The van der Waals surface area contributed by atoms with E-state index in [-0.39, 0.29) is 12.2 Å². The summed E-state index contributed by atoms with van der Waals surface area (Å²) in [4.78, 5) is 11.5. The summed E-state index contributed by atoms with van der Waals surface area (Å²) in [6.07, 6.45) is 2.71. The Balaban J connectivity index is 2.38. The van der Waals surface area contributed by atoms with Gasteiger partial charge in [-0.3, -0.25) is 4.79 Å². The Labute approximate surface area is 95.9 Å². The number of aliphatic hydroxyl groups excluding tert-OH is 1. The molecule has 0 aromatic carbocycles. The predicted octanol–water partition coefficient (Wildman–Crippen LogP) is 0.195. The Morgan fingerprint density at radius 3 is 2.62 bits per heavy atom. The molecule has 94 valence electrons. The molecule has 0 saturated heterocycles. The molecule has 0 heterocycles. The third-order valence-electron chi connectivity index (χ3n) is 2.99. The van der Waals surface area contributed by atoms with Gasteiger partial charge >= 0.3 is 5.97 Å². The molecule has 4 atom stereocenters. The van der Waals surface area contributed by atoms with Gasteiger partial charge in [0.15, 0.2) is 0 Å². The molecule has 0 aliphatic heterocycles. The van der Waals surface area contributed by atoms with Crippen molar-refractivity contribution >= 4 is 5.97 Å². The van der Waals surface area contributed by atoms with E-state index >= 15 is 0 Å². The van der Waals surface area contributed by atoms with Crippen LogP contribution in [0.3, 0.4) is 0 Å². The van der Waals surface area contributed by atoms with Crippen LogP contribution in [0.5, 0.6) is 0 Å². The van der Waals surface area contributed by atoms with Gasteiger partial charge in [0.1, 0.15) is 12.1 Å². The van der Waals surface area contributed by atoms with Crippen LogP contribution in [0.15, 0.2) is 0 Å². The van der Waals surface area contributed by atoms with Gasteiger partial charge in [-0.1, -0.05) is 0 Å². The summed E-state index contributed by atoms with van der Waals surface area (Å²) in [6.45, 7) is 1.48. The normalized spacial score (nSPS) is 29.5. The standard InChI is InChI=1S/C11H21NO4/c1-7(13)10(12)11(14)16-9-5-3-4-8(6-9)15-2/h7-10,13H,3-6,12H2,1-2H3/t7-,8?,9?,10+/m1/s1. The van der Waals surface area contributed by atoms with Gasteiger partial charge in [0.05, 0.1) is 12.2 Å². The summed E-state index contributed by atoms with van der Waals surface area (Å²) < 4.78 is 10.5. The van der Waals surface area contributed by atoms with Gasteiger partial charge in [0.25, 0.3) is 0 Å². The Morgan fingerprint density at radius 2 is 2.06 bits per heavy atom. The van der Waals surface area contributed by atoms with Crippen LogP contribution < -0.4 is 5.73 Å². The first kappa shape index (κ1) is 13.4. The smallest absolute Gasteiger partial charge is 0.325 e. The van der Waals surface area contributed by atoms with Crippen molar-refractivity contribution in [3.8, 4) is 0 Å². The number of carbonyl (C=O) groups is 1. The van der Waals surface area contributed by atoms with Crippen LogP contribution in [0.4, 0.5) is 0 Å². The first-order valence-electron chi connectivity index (χ1n) is 5.71. The molecule has 2 unspecified atom stereocenters. The fourth-order valence-corrected chi connectivity index (χ4v) is 1.86. The molecule has 3 N–H and O–H groups in total. The van der Waals surface area contributed by atoms with E-state index in [4.69, 9.17) is 20.3 Å². The van der Waals surface area contributed by atoms with Gasteiger partial charge in [-0.05, 0) is 26.2 Å². The highest BCUT2D eigenvalue weighted by Gasteiger charge is 2.28. The van der Waals surface area contributed by atoms with Crippen LogP contribution in [0.2, 0.25) is 0 Å². The fourth-order valence-electron chi connectivity index (χ4n) is 1.86. The number of nitrogens with two attached hydrogens (primary N) is 1. The molecule has 1 saturated carbocycles. The van der Waals surface area contributed by atoms with Gasteiger partial charge in [-0.25, -0.2) is 0 Å². The lowest BCUT2D eigenvalue weighted by Gasteiger charge is -2.29. The largest absolute Gasteiger partial charge is 0.461 e. The molecule has 1 aliphatic rings. The van der Waals surface area contributed by atoms with Crippen molar-refractivity contribution in [3.63, 3.8) is 0 Å². The molecule has 16 heavy (non-hydrogen) atoms. The first-order valence-corrected chi connectivity index (χ1v) is 5.71. The van der Waals surface area contributed by atoms with Crippen molar-refractivity contribution in [2.75, 3.05) is 7.11 Å². The molecule has 1 fully saturated rings. The van der Waals surface area contributed by atoms with Crippen molar-refractivity contribution in [2.24, 2.45) is 5.73 Å². The molecule has 1 rings (SSSR count). The molecule has 0 bridgehead atoms. The van der Waals surface area contributed by atoms with Crippen LogP contribution in [-0.4, -0.2) is 42.5 Å². The molecule has 0 radical (unpaired) electrons. The van der Waals surface area contributed by atoms with E-state index in [1.807, 2.05) is 0 Å². The lowest BCUT2D eigenvalue weighted by Crippen LogP contribution is -2.43. The van der Waals surface area contributed by atoms with Gasteiger partial charge in [-0.15, -0.1) is 0 Å². The molecule has 0 spiro atoms. The molecule has 0 aromatic heterocycles. The zero-order valence-corrected chi connectivity index (χ0v) is 9.89. The molecular weight excluding hydrogens is 210 g/mol. The predicted molar refractivity (Wildman–Crippen MR) is 58.8 cm³/mol. The Bertz CT molecular complexity index is 232. The maximum absolute atomic E-state index is 11.5. The van der Waals surface area contributed by atoms with Crippen molar-refractivity contribution in [1.29, 1.82) is 0 Å². The van der Waals surface area contributed by atoms with Crippen LogP contribution in [0.1, 0.15) is 32.6 Å². The molecule has 0 amide bonds. The number of hydrogen-bond acceptors (Lipinski definition) is 5. The number of aliphatic hydroxyl groups is 1. The van der Waals surface area contributed by atoms with Crippen molar-refractivity contribution < 1.29 is 19.4 Å². The summed E-state index contributed by atoms with van der Waals surface area (Å²) >= 11 is 0. The maximum Gasteiger partial charge on any atom is 0.325 e. The van der Waals surface area contributed by atoms with E-state index in [9.17, 15) is 4.79 Å². The van der Waals surface area contributed by atoms with Crippen molar-refractivity contribution in [3.05, 3.63) is 0 Å². The summed E-state index contributed by atoms with van der Waals surface area (Å²) in [7, 11) is 1.66. The third kappa shape index (κ3) is 3.73. The van der Waals surface area contributed by atoms with Gasteiger partial charge in [-0.2, -0.15) is 0 Å². The molecule has 1 aliphatic carbocycles. The van der Waals surface area contributed by atoms with Crippen LogP contribution >= 0.6 is 0 Å². The fraction of sp³-hybridized carbons (Fsp3) is 0.909. The minimum absolute atomic E-state index is 0.129. The van der Waals surface area contributed by atoms with Crippen LogP contribution in [0.25, 0.3) is 0 Å². The maximum atomic E-state index is 11.5. The second-order valence-corrected chi connectivity index (χ2v) is 4.35. The van der Waals surface area contributed by atoms with E-state index in [0.29, 0.717) is 0 Å². The van der Waals surface area contributed by atoms with Crippen molar-refractivity contribution in [1.82, 2.24) is 0 Å². The van der Waals surface area contributed by atoms with Gasteiger partial charge < -0.3 is 20.3 Å². The second-order valence-electron chi connectivity index (χ2n) is 4.35. The van der Waals surface area contributed by atoms with E-state index in [1.54, 1.807) is 7.11 Å². The number of carbonyl (C=O) groups excluding carboxylic acids is 1. The number of hydrogen-bond donors (Lipinski definition) is 2. The second kappa shape index (κ2) is 6.18. The Hall–Kier alpha value is -0.650. The van der Waals surface area contributed by atoms with E-state index in [1.165, 1.54) is 6.92 Å². The van der Waals surface area contributed by atoms with Crippen LogP contribution in [-0.2, 0) is 14.3 Å². The van der Waals surface area contributed by atoms with Gasteiger partial charge in [0, 0.05) is 13.5 Å². The Morgan fingerprint density at radius 1 is 1.44 bits per heavy atom.